The molecule has 4 saturated heterocycles. The summed E-state index contributed by atoms with van der Waals surface area (Å²) in [6.45, 7) is 7.75. The Morgan fingerprint density at radius 2 is 0.664 bits per heavy atom. The molecule has 2 atom stereocenters. The Hall–Kier alpha value is -10.6. The van der Waals surface area contributed by atoms with Crippen molar-refractivity contribution in [2.75, 3.05) is 72.4 Å². The monoisotopic (exact) mass is 1520 g/mol. The van der Waals surface area contributed by atoms with Crippen molar-refractivity contribution < 1.29 is 26.4 Å². The maximum Gasteiger partial charge on any atom is 0.264 e. The number of carbonyl (C=O) groups is 2. The standard InChI is InChI=1S/2C20H22N6O.2C19H22N6O2S/c27-20(15-4-2-8-22-11-15)25-18-9-17(14-3-1-7-21-10-14)24-19-16(13-5-6-13)12-23-26(18)19;27-20(15-2-1-7-22-11-15)25-18-10-17(14-5-8-21-9-6-14)24-19-16(13-3-4-13)12-23-26(18)19;26-28(27,15-4-2-8-21-11-15)24-18-9-17(14-3-1-7-20-10-14)23-19-16(13-5-6-13)12-22-25(18)19;26-28(27,15-2-1-7-21-11-15)24-18-10-17(14-5-8-20-9-6-14)23-19-16(13-3-4-13)12-22-25(18)19/h2,4,8-9,11-14,21H,1,3,5-7,10H2,(H,25,27);1-2,7,10-14,21H,3-6,8-9H2,(H,25,27);2,4,8-9,11-14,20,24H,1,3,5-7,10H2;1-2,7,10-14,20,24H,3-6,8-9H2. The summed E-state index contributed by atoms with van der Waals surface area (Å²) in [5.74, 6) is 5.23. The van der Waals surface area contributed by atoms with Crippen molar-refractivity contribution in [2.45, 2.75) is 160 Å². The molecule has 568 valence electrons. The third-order valence-electron chi connectivity index (χ3n) is 21.8. The SMILES string of the molecule is O=C(Nc1cc(C2CCCNC2)nc2c(C3CC3)cnn12)c1cccnc1.O=C(Nc1cc(C2CCNCC2)nc2c(C3CC3)cnn12)c1cccnc1.O=S(=O)(Nc1cc(C2CCCNC2)nc2c(C3CC3)cnn12)c1cccnc1.O=S(=O)(Nc1cc(C2CCNCC2)nc2c(C3CC3)cnn12)c1cccnc1. The van der Waals surface area contributed by atoms with E-state index in [-0.39, 0.29) is 27.5 Å². The molecule has 30 nitrogen and oxygen atoms in total. The molecule has 8 N–H and O–H groups in total. The van der Waals surface area contributed by atoms with Gasteiger partial charge >= 0.3 is 0 Å². The van der Waals surface area contributed by atoms with Gasteiger partial charge in [0.15, 0.2) is 22.6 Å². The maximum absolute atomic E-state index is 12.9. The third-order valence-corrected chi connectivity index (χ3v) is 24.5. The van der Waals surface area contributed by atoms with Gasteiger partial charge in [-0.15, -0.1) is 0 Å². The van der Waals surface area contributed by atoms with E-state index in [1.165, 1.54) is 61.3 Å². The zero-order chi connectivity index (χ0) is 74.7. The number of pyridine rings is 4. The molecule has 0 aromatic carbocycles. The van der Waals surface area contributed by atoms with Gasteiger partial charge in [-0.3, -0.25) is 39.0 Å². The smallest absolute Gasteiger partial charge is 0.264 e. The Morgan fingerprint density at radius 1 is 0.345 bits per heavy atom. The van der Waals surface area contributed by atoms with Crippen molar-refractivity contribution in [3.05, 3.63) is 203 Å². The lowest BCUT2D eigenvalue weighted by molar-refractivity contribution is 0.101. The largest absolute Gasteiger partial charge is 0.317 e. The van der Waals surface area contributed by atoms with E-state index in [1.807, 2.05) is 49.1 Å². The van der Waals surface area contributed by atoms with E-state index in [4.69, 9.17) is 19.9 Å². The van der Waals surface area contributed by atoms with Gasteiger partial charge in [-0.25, -0.2) is 36.8 Å². The van der Waals surface area contributed by atoms with Crippen LogP contribution in [0.5, 0.6) is 0 Å². The molecule has 0 radical (unpaired) electrons. The van der Waals surface area contributed by atoms with Gasteiger partial charge in [-0.2, -0.15) is 38.5 Å². The van der Waals surface area contributed by atoms with Crippen LogP contribution in [0.1, 0.15) is 216 Å². The third kappa shape index (κ3) is 16.3. The van der Waals surface area contributed by atoms with Crippen LogP contribution in [0.4, 0.5) is 23.3 Å². The molecule has 4 saturated carbocycles. The second kappa shape index (κ2) is 31.8. The average Bonchev–Trinajstić information content (AvgIpc) is 1.61. The van der Waals surface area contributed by atoms with Crippen molar-refractivity contribution in [1.82, 2.24) is 99.6 Å². The number of hydrogen-bond acceptors (Lipinski definition) is 22. The number of amides is 2. The van der Waals surface area contributed by atoms with Gasteiger partial charge in [0.2, 0.25) is 0 Å². The maximum atomic E-state index is 12.9. The molecule has 4 aliphatic heterocycles. The predicted molar refractivity (Wildman–Crippen MR) is 414 cm³/mol. The fraction of sp³-hybridized carbons (Fsp3) is 0.410. The fourth-order valence-corrected chi connectivity index (χ4v) is 17.1. The van der Waals surface area contributed by atoms with Crippen LogP contribution < -0.4 is 41.3 Å². The summed E-state index contributed by atoms with van der Waals surface area (Å²) in [5, 5.41) is 37.6. The van der Waals surface area contributed by atoms with E-state index in [1.54, 1.807) is 91.6 Å². The van der Waals surface area contributed by atoms with Gasteiger partial charge in [0.25, 0.3) is 31.9 Å². The molecule has 32 heteroatoms. The highest BCUT2D eigenvalue weighted by molar-refractivity contribution is 7.93. The number of rotatable bonds is 18. The summed E-state index contributed by atoms with van der Waals surface area (Å²) in [5.41, 5.74) is 12.9. The number of anilines is 4. The van der Waals surface area contributed by atoms with E-state index in [9.17, 15) is 26.4 Å². The van der Waals surface area contributed by atoms with Gasteiger partial charge in [0, 0.05) is 144 Å². The molecule has 8 aliphatic rings. The molecule has 8 fully saturated rings. The molecule has 16 heterocycles. The first-order valence-electron chi connectivity index (χ1n) is 38.5. The fourth-order valence-electron chi connectivity index (χ4n) is 15.1. The molecule has 12 aromatic heterocycles. The number of fused-ring (bicyclic) bond motifs is 4. The Labute approximate surface area is 635 Å². The quantitative estimate of drug-likeness (QED) is 0.0396. The lowest BCUT2D eigenvalue weighted by Crippen LogP contribution is -2.29. The minimum atomic E-state index is -3.76. The predicted octanol–water partition coefficient (Wildman–Crippen LogP) is 9.98. The zero-order valence-electron chi connectivity index (χ0n) is 60.9. The molecule has 0 spiro atoms. The molecule has 12 aromatic rings. The van der Waals surface area contributed by atoms with Crippen molar-refractivity contribution in [3.8, 4) is 0 Å². The first-order valence-corrected chi connectivity index (χ1v) is 41.4. The van der Waals surface area contributed by atoms with Crippen LogP contribution in [0.25, 0.3) is 22.6 Å². The molecule has 0 bridgehead atoms. The average molecular weight is 1520 g/mol. The van der Waals surface area contributed by atoms with Gasteiger partial charge in [0.05, 0.1) is 47.3 Å². The Kier molecular flexibility index (Phi) is 20.9. The van der Waals surface area contributed by atoms with Crippen LogP contribution in [-0.2, 0) is 20.0 Å². The second-order valence-corrected chi connectivity index (χ2v) is 33.2. The number of nitrogens with zero attached hydrogens (tertiary/aromatic N) is 16. The summed E-state index contributed by atoms with van der Waals surface area (Å²) in [7, 11) is -7.53. The van der Waals surface area contributed by atoms with E-state index in [0.29, 0.717) is 75.8 Å². The van der Waals surface area contributed by atoms with Crippen LogP contribution >= 0.6 is 0 Å². The summed E-state index contributed by atoms with van der Waals surface area (Å²) in [6, 6.07) is 20.9. The van der Waals surface area contributed by atoms with E-state index >= 15 is 0 Å². The van der Waals surface area contributed by atoms with Crippen LogP contribution in [0.3, 0.4) is 0 Å². The van der Waals surface area contributed by atoms with E-state index < -0.39 is 20.0 Å². The topological polar surface area (TPSA) is 371 Å². The number of hydrogen-bond donors (Lipinski definition) is 8. The molecule has 20 rings (SSSR count). The van der Waals surface area contributed by atoms with Crippen LogP contribution in [0.15, 0.2) is 157 Å². The zero-order valence-corrected chi connectivity index (χ0v) is 62.5. The Morgan fingerprint density at radius 3 is 0.964 bits per heavy atom. The number of sulfonamides is 2. The van der Waals surface area contributed by atoms with Crippen LogP contribution in [-0.4, -0.2) is 159 Å². The summed E-state index contributed by atoms with van der Waals surface area (Å²) < 4.78 is 63.6. The number of aromatic nitrogens is 16. The molecule has 4 aliphatic carbocycles. The van der Waals surface area contributed by atoms with Crippen molar-refractivity contribution in [1.29, 1.82) is 0 Å². The Bertz CT molecular complexity index is 5170. The Balaban J connectivity index is 0.000000107. The number of carbonyl (C=O) groups excluding carboxylic acids is 2. The molecular weight excluding hydrogens is 1430 g/mol. The normalized spacial score (nSPS) is 19.2. The summed E-state index contributed by atoms with van der Waals surface area (Å²) in [6.07, 6.45) is 37.5. The molecular formula is C78H88N24O6S2. The van der Waals surface area contributed by atoms with Gasteiger partial charge in [-0.1, -0.05) is 0 Å². The van der Waals surface area contributed by atoms with E-state index in [0.717, 1.165) is 186 Å². The summed E-state index contributed by atoms with van der Waals surface area (Å²) in [4.78, 5) is 61.2. The highest BCUT2D eigenvalue weighted by Gasteiger charge is 2.35. The van der Waals surface area contributed by atoms with Crippen LogP contribution in [0, 0.1) is 0 Å². The number of piperidine rings is 4. The summed E-state index contributed by atoms with van der Waals surface area (Å²) >= 11 is 0. The van der Waals surface area contributed by atoms with Crippen molar-refractivity contribution in [2.24, 2.45) is 0 Å². The lowest BCUT2D eigenvalue weighted by atomic mass is 9.94. The van der Waals surface area contributed by atoms with E-state index in [2.05, 4.69) is 81.7 Å². The van der Waals surface area contributed by atoms with Gasteiger partial charge in [0.1, 0.15) is 33.1 Å². The molecule has 2 unspecified atom stereocenters. The minimum absolute atomic E-state index is 0.121. The molecule has 2 amide bonds. The lowest BCUT2D eigenvalue weighted by Gasteiger charge is -2.23. The highest BCUT2D eigenvalue weighted by atomic mass is 32.2. The highest BCUT2D eigenvalue weighted by Crippen LogP contribution is 2.46. The van der Waals surface area contributed by atoms with Crippen LogP contribution in [0.2, 0.25) is 0 Å². The minimum Gasteiger partial charge on any atom is -0.317 e. The van der Waals surface area contributed by atoms with Crippen molar-refractivity contribution in [3.63, 3.8) is 0 Å². The molecule has 110 heavy (non-hydrogen) atoms. The number of nitrogens with one attached hydrogen (secondary N) is 8. The first-order chi connectivity index (χ1) is 53.8. The van der Waals surface area contributed by atoms with Gasteiger partial charge in [-0.05, 0) is 214 Å². The second-order valence-electron chi connectivity index (χ2n) is 29.8. The van der Waals surface area contributed by atoms with Gasteiger partial charge < -0.3 is 31.9 Å². The first kappa shape index (κ1) is 72.2. The van der Waals surface area contributed by atoms with Crippen molar-refractivity contribution >= 4 is 77.7 Å².